The Hall–Kier alpha value is -2.48. The molecule has 2 heterocycles. The van der Waals surface area contributed by atoms with Gasteiger partial charge >= 0.3 is 6.18 Å². The Labute approximate surface area is 122 Å². The molecule has 0 saturated carbocycles. The summed E-state index contributed by atoms with van der Waals surface area (Å²) in [6.45, 7) is 0.284. The van der Waals surface area contributed by atoms with E-state index in [1.165, 1.54) is 0 Å². The van der Waals surface area contributed by atoms with Crippen LogP contribution in [0.1, 0.15) is 21.7 Å². The predicted molar refractivity (Wildman–Crippen MR) is 68.1 cm³/mol. The van der Waals surface area contributed by atoms with E-state index < -0.39 is 12.0 Å². The van der Waals surface area contributed by atoms with Crippen LogP contribution in [0, 0.1) is 0 Å². The highest BCUT2D eigenvalue weighted by Gasteiger charge is 2.34. The molecule has 0 fully saturated rings. The Morgan fingerprint density at radius 2 is 1.91 bits per heavy atom. The largest absolute Gasteiger partial charge is 0.467 e. The molecule has 1 aliphatic rings. The van der Waals surface area contributed by atoms with E-state index in [4.69, 9.17) is 9.47 Å². The number of fused-ring (bicyclic) bond motifs is 1. The Kier molecular flexibility index (Phi) is 3.53. The maximum absolute atomic E-state index is 12.5. The number of carbonyl (C=O) groups is 1. The SMILES string of the molecule is O=Cc1c(-c2cnc(C(F)(F)F)nc2)ccc2c1COCO2. The van der Waals surface area contributed by atoms with Gasteiger partial charge in [-0.25, -0.2) is 9.97 Å². The maximum atomic E-state index is 12.5. The molecule has 3 rings (SSSR count). The summed E-state index contributed by atoms with van der Waals surface area (Å²) in [7, 11) is 0. The molecule has 0 atom stereocenters. The van der Waals surface area contributed by atoms with Crippen LogP contribution in [0.3, 0.4) is 0 Å². The van der Waals surface area contributed by atoms with E-state index >= 15 is 0 Å². The van der Waals surface area contributed by atoms with Gasteiger partial charge in [-0.1, -0.05) is 0 Å². The van der Waals surface area contributed by atoms with Crippen LogP contribution in [-0.2, 0) is 17.5 Å². The number of alkyl halides is 3. The summed E-state index contributed by atoms with van der Waals surface area (Å²) >= 11 is 0. The van der Waals surface area contributed by atoms with Crippen molar-refractivity contribution in [3.63, 3.8) is 0 Å². The van der Waals surface area contributed by atoms with Gasteiger partial charge < -0.3 is 9.47 Å². The van der Waals surface area contributed by atoms with Gasteiger partial charge in [0.05, 0.1) is 6.61 Å². The van der Waals surface area contributed by atoms with Crippen molar-refractivity contribution in [2.45, 2.75) is 12.8 Å². The van der Waals surface area contributed by atoms with Crippen molar-refractivity contribution >= 4 is 6.29 Å². The number of halogens is 3. The number of hydrogen-bond acceptors (Lipinski definition) is 5. The number of rotatable bonds is 2. The second-order valence-electron chi connectivity index (χ2n) is 4.53. The molecule has 0 bridgehead atoms. The van der Waals surface area contributed by atoms with Crippen LogP contribution in [0.5, 0.6) is 5.75 Å². The molecule has 0 spiro atoms. The molecular formula is C14H9F3N2O3. The lowest BCUT2D eigenvalue weighted by atomic mass is 9.97. The summed E-state index contributed by atoms with van der Waals surface area (Å²) < 4.78 is 47.8. The number of benzene rings is 1. The zero-order chi connectivity index (χ0) is 15.7. The van der Waals surface area contributed by atoms with E-state index in [2.05, 4.69) is 9.97 Å². The number of nitrogens with zero attached hydrogens (tertiary/aromatic N) is 2. The molecule has 22 heavy (non-hydrogen) atoms. The monoisotopic (exact) mass is 310 g/mol. The molecule has 5 nitrogen and oxygen atoms in total. The Morgan fingerprint density at radius 1 is 1.18 bits per heavy atom. The average Bonchev–Trinajstić information content (AvgIpc) is 2.53. The quantitative estimate of drug-likeness (QED) is 0.798. The molecular weight excluding hydrogens is 301 g/mol. The maximum Gasteiger partial charge on any atom is 0.451 e. The first kappa shape index (κ1) is 14.5. The minimum atomic E-state index is -4.61. The van der Waals surface area contributed by atoms with Crippen molar-refractivity contribution in [2.75, 3.05) is 6.79 Å². The van der Waals surface area contributed by atoms with Crippen LogP contribution in [0.2, 0.25) is 0 Å². The summed E-state index contributed by atoms with van der Waals surface area (Å²) in [6, 6.07) is 3.22. The summed E-state index contributed by atoms with van der Waals surface area (Å²) in [5.74, 6) is -0.710. The van der Waals surface area contributed by atoms with Crippen molar-refractivity contribution in [1.29, 1.82) is 0 Å². The Balaban J connectivity index is 2.06. The first-order chi connectivity index (χ1) is 10.5. The molecule has 0 amide bonds. The Bertz CT molecular complexity index is 715. The fourth-order valence-electron chi connectivity index (χ4n) is 2.18. The van der Waals surface area contributed by atoms with Crippen LogP contribution in [0.25, 0.3) is 11.1 Å². The molecule has 8 heteroatoms. The van der Waals surface area contributed by atoms with Gasteiger partial charge in [-0.05, 0) is 17.7 Å². The smallest absolute Gasteiger partial charge is 0.451 e. The lowest BCUT2D eigenvalue weighted by Gasteiger charge is -2.20. The highest BCUT2D eigenvalue weighted by molar-refractivity contribution is 5.90. The predicted octanol–water partition coefficient (Wildman–Crippen LogP) is 2.84. The van der Waals surface area contributed by atoms with E-state index in [1.54, 1.807) is 12.1 Å². The molecule has 0 N–H and O–H groups in total. The van der Waals surface area contributed by atoms with Gasteiger partial charge in [-0.3, -0.25) is 4.79 Å². The van der Waals surface area contributed by atoms with Gasteiger partial charge in [0.25, 0.3) is 0 Å². The zero-order valence-corrected chi connectivity index (χ0v) is 11.1. The molecule has 0 unspecified atom stereocenters. The van der Waals surface area contributed by atoms with Crippen molar-refractivity contribution in [1.82, 2.24) is 9.97 Å². The standard InChI is InChI=1S/C14H9F3N2O3/c15-14(16,17)13-18-3-8(4-19-13)9-1-2-12-11(10(9)5-20)6-21-7-22-12/h1-5H,6-7H2. The normalized spacial score (nSPS) is 14.1. The van der Waals surface area contributed by atoms with Gasteiger partial charge in [0.15, 0.2) is 13.1 Å². The van der Waals surface area contributed by atoms with E-state index in [0.29, 0.717) is 34.3 Å². The number of aromatic nitrogens is 2. The summed E-state index contributed by atoms with van der Waals surface area (Å²) in [6.07, 6.45) is -1.92. The second-order valence-corrected chi connectivity index (χ2v) is 4.53. The molecule has 114 valence electrons. The number of ether oxygens (including phenoxy) is 2. The zero-order valence-electron chi connectivity index (χ0n) is 11.1. The molecule has 1 aromatic heterocycles. The van der Waals surface area contributed by atoms with E-state index in [-0.39, 0.29) is 13.4 Å². The Morgan fingerprint density at radius 3 is 2.55 bits per heavy atom. The third kappa shape index (κ3) is 2.52. The number of carbonyl (C=O) groups excluding carboxylic acids is 1. The minimum Gasteiger partial charge on any atom is -0.467 e. The molecule has 1 aliphatic heterocycles. The van der Waals surface area contributed by atoms with Crippen molar-refractivity contribution < 1.29 is 27.4 Å². The molecule has 1 aromatic carbocycles. The van der Waals surface area contributed by atoms with Crippen molar-refractivity contribution in [3.8, 4) is 16.9 Å². The van der Waals surface area contributed by atoms with E-state index in [0.717, 1.165) is 12.4 Å². The van der Waals surface area contributed by atoms with Crippen LogP contribution in [0.4, 0.5) is 13.2 Å². The van der Waals surface area contributed by atoms with E-state index in [1.807, 2.05) is 0 Å². The van der Waals surface area contributed by atoms with Gasteiger partial charge in [0.2, 0.25) is 5.82 Å². The third-order valence-corrected chi connectivity index (χ3v) is 3.19. The number of aldehydes is 1. The van der Waals surface area contributed by atoms with Gasteiger partial charge in [-0.15, -0.1) is 0 Å². The third-order valence-electron chi connectivity index (χ3n) is 3.19. The fraction of sp³-hybridized carbons (Fsp3) is 0.214. The second kappa shape index (κ2) is 5.38. The van der Waals surface area contributed by atoms with Crippen LogP contribution in [0.15, 0.2) is 24.5 Å². The van der Waals surface area contributed by atoms with E-state index in [9.17, 15) is 18.0 Å². The van der Waals surface area contributed by atoms with Crippen molar-refractivity contribution in [3.05, 3.63) is 41.5 Å². The molecule has 0 radical (unpaired) electrons. The van der Waals surface area contributed by atoms with Crippen LogP contribution in [-0.4, -0.2) is 23.0 Å². The van der Waals surface area contributed by atoms with Crippen molar-refractivity contribution in [2.24, 2.45) is 0 Å². The van der Waals surface area contributed by atoms with Crippen LogP contribution >= 0.6 is 0 Å². The highest BCUT2D eigenvalue weighted by atomic mass is 19.4. The number of hydrogen-bond donors (Lipinski definition) is 0. The first-order valence-corrected chi connectivity index (χ1v) is 6.22. The van der Waals surface area contributed by atoms with Crippen LogP contribution < -0.4 is 4.74 Å². The van der Waals surface area contributed by atoms with Gasteiger partial charge in [-0.2, -0.15) is 13.2 Å². The molecule has 0 saturated heterocycles. The first-order valence-electron chi connectivity index (χ1n) is 6.22. The van der Waals surface area contributed by atoms with Gasteiger partial charge in [0, 0.05) is 29.1 Å². The lowest BCUT2D eigenvalue weighted by Crippen LogP contribution is -2.14. The fourth-order valence-corrected chi connectivity index (χ4v) is 2.18. The summed E-state index contributed by atoms with van der Waals surface area (Å²) in [5, 5.41) is 0. The minimum absolute atomic E-state index is 0.0913. The topological polar surface area (TPSA) is 61.3 Å². The molecule has 2 aromatic rings. The lowest BCUT2D eigenvalue weighted by molar-refractivity contribution is -0.144. The summed E-state index contributed by atoms with van der Waals surface area (Å²) in [5.41, 5.74) is 1.58. The summed E-state index contributed by atoms with van der Waals surface area (Å²) in [4.78, 5) is 18.0. The average molecular weight is 310 g/mol. The highest BCUT2D eigenvalue weighted by Crippen LogP contribution is 2.34. The van der Waals surface area contributed by atoms with Gasteiger partial charge in [0.1, 0.15) is 5.75 Å². The molecule has 0 aliphatic carbocycles.